The summed E-state index contributed by atoms with van der Waals surface area (Å²) in [6.07, 6.45) is 4.75. The van der Waals surface area contributed by atoms with Gasteiger partial charge in [-0.15, -0.1) is 0 Å². The Morgan fingerprint density at radius 1 is 1.33 bits per heavy atom. The maximum atomic E-state index is 12.3. The van der Waals surface area contributed by atoms with Crippen molar-refractivity contribution in [2.45, 2.75) is 31.6 Å². The Bertz CT molecular complexity index is 654. The molecule has 1 heterocycles. The van der Waals surface area contributed by atoms with E-state index in [4.69, 9.17) is 5.73 Å². The van der Waals surface area contributed by atoms with Crippen molar-refractivity contribution < 1.29 is 0 Å². The lowest BCUT2D eigenvalue weighted by Crippen LogP contribution is -2.23. The van der Waals surface area contributed by atoms with Crippen molar-refractivity contribution in [3.05, 3.63) is 34.4 Å². The van der Waals surface area contributed by atoms with Gasteiger partial charge >= 0.3 is 0 Å². The molecular weight excluding hydrogens is 226 g/mol. The number of nitrogen functional groups attached to an aromatic ring is 1. The molecular formula is C14H17N3O. The summed E-state index contributed by atoms with van der Waals surface area (Å²) in [6, 6.07) is 5.35. The van der Waals surface area contributed by atoms with Crippen LogP contribution in [0.3, 0.4) is 0 Å². The van der Waals surface area contributed by atoms with Gasteiger partial charge in [-0.2, -0.15) is 0 Å². The van der Waals surface area contributed by atoms with E-state index in [1.54, 1.807) is 16.7 Å². The zero-order chi connectivity index (χ0) is 12.7. The summed E-state index contributed by atoms with van der Waals surface area (Å²) >= 11 is 0. The molecule has 0 unspecified atom stereocenters. The zero-order valence-corrected chi connectivity index (χ0v) is 10.5. The second kappa shape index (κ2) is 4.12. The zero-order valence-electron chi connectivity index (χ0n) is 10.5. The summed E-state index contributed by atoms with van der Waals surface area (Å²) in [5.74, 6) is 1.36. The Kier molecular flexibility index (Phi) is 2.58. The van der Waals surface area contributed by atoms with Gasteiger partial charge in [-0.3, -0.25) is 9.36 Å². The van der Waals surface area contributed by atoms with Crippen LogP contribution >= 0.6 is 0 Å². The molecule has 4 nitrogen and oxygen atoms in total. The Morgan fingerprint density at radius 3 is 2.78 bits per heavy atom. The first-order valence-corrected chi connectivity index (χ1v) is 6.43. The minimum atomic E-state index is 0.00852. The molecule has 0 atom stereocenters. The van der Waals surface area contributed by atoms with E-state index >= 15 is 0 Å². The molecule has 0 amide bonds. The van der Waals surface area contributed by atoms with Crippen LogP contribution in [0.4, 0.5) is 5.69 Å². The number of rotatable bonds is 1. The second-order valence-electron chi connectivity index (χ2n) is 5.09. The minimum absolute atomic E-state index is 0.00852. The van der Waals surface area contributed by atoms with Crippen molar-refractivity contribution in [2.24, 2.45) is 7.05 Å². The molecule has 18 heavy (non-hydrogen) atoms. The first-order chi connectivity index (χ1) is 8.66. The highest BCUT2D eigenvalue weighted by Crippen LogP contribution is 2.32. The van der Waals surface area contributed by atoms with E-state index in [1.807, 2.05) is 13.1 Å². The van der Waals surface area contributed by atoms with Crippen molar-refractivity contribution in [2.75, 3.05) is 5.73 Å². The van der Waals surface area contributed by atoms with Gasteiger partial charge in [-0.05, 0) is 31.0 Å². The van der Waals surface area contributed by atoms with Crippen LogP contribution in [0.1, 0.15) is 37.4 Å². The quantitative estimate of drug-likeness (QED) is 0.781. The third kappa shape index (κ3) is 1.68. The fourth-order valence-electron chi connectivity index (χ4n) is 2.85. The van der Waals surface area contributed by atoms with Crippen LogP contribution in [-0.4, -0.2) is 9.55 Å². The summed E-state index contributed by atoms with van der Waals surface area (Å²) in [6.45, 7) is 0. The van der Waals surface area contributed by atoms with Gasteiger partial charge in [-0.1, -0.05) is 12.8 Å². The molecule has 1 aliphatic rings. The van der Waals surface area contributed by atoms with E-state index in [0.29, 0.717) is 17.0 Å². The van der Waals surface area contributed by atoms with Crippen molar-refractivity contribution in [1.82, 2.24) is 9.55 Å². The largest absolute Gasteiger partial charge is 0.399 e. The van der Waals surface area contributed by atoms with Crippen LogP contribution in [0.15, 0.2) is 23.0 Å². The standard InChI is InChI=1S/C14H17N3O/c1-17-13(9-4-2-3-5-9)16-12-7-6-10(15)8-11(12)14(17)18/h6-9H,2-5,15H2,1H3. The molecule has 2 N–H and O–H groups in total. The number of nitrogens with two attached hydrogens (primary N) is 1. The van der Waals surface area contributed by atoms with Crippen LogP contribution in [0, 0.1) is 0 Å². The monoisotopic (exact) mass is 243 g/mol. The number of hydrogen-bond donors (Lipinski definition) is 1. The third-order valence-electron chi connectivity index (χ3n) is 3.85. The number of fused-ring (bicyclic) bond motifs is 1. The Morgan fingerprint density at radius 2 is 2.06 bits per heavy atom. The molecule has 1 aromatic heterocycles. The summed E-state index contributed by atoms with van der Waals surface area (Å²) in [5, 5.41) is 0.610. The summed E-state index contributed by atoms with van der Waals surface area (Å²) in [7, 11) is 1.81. The van der Waals surface area contributed by atoms with E-state index in [9.17, 15) is 4.79 Å². The highest BCUT2D eigenvalue weighted by molar-refractivity contribution is 5.81. The summed E-state index contributed by atoms with van der Waals surface area (Å²) < 4.78 is 1.69. The fraction of sp³-hybridized carbons (Fsp3) is 0.429. The maximum Gasteiger partial charge on any atom is 0.261 e. The molecule has 1 aromatic carbocycles. The maximum absolute atomic E-state index is 12.3. The first-order valence-electron chi connectivity index (χ1n) is 6.43. The minimum Gasteiger partial charge on any atom is -0.399 e. The number of aromatic nitrogens is 2. The predicted octanol–water partition coefficient (Wildman–Crippen LogP) is 2.17. The van der Waals surface area contributed by atoms with Crippen LogP contribution in [0.5, 0.6) is 0 Å². The van der Waals surface area contributed by atoms with Crippen molar-refractivity contribution in [3.8, 4) is 0 Å². The van der Waals surface area contributed by atoms with Crippen molar-refractivity contribution in [3.63, 3.8) is 0 Å². The molecule has 1 fully saturated rings. The number of benzene rings is 1. The van der Waals surface area contributed by atoms with E-state index in [2.05, 4.69) is 4.98 Å². The summed E-state index contributed by atoms with van der Waals surface area (Å²) in [5.41, 5.74) is 7.10. The molecule has 1 saturated carbocycles. The van der Waals surface area contributed by atoms with Crippen LogP contribution in [0.25, 0.3) is 10.9 Å². The second-order valence-corrected chi connectivity index (χ2v) is 5.09. The fourth-order valence-corrected chi connectivity index (χ4v) is 2.85. The Balaban J connectivity index is 2.25. The lowest BCUT2D eigenvalue weighted by Gasteiger charge is -2.14. The summed E-state index contributed by atoms with van der Waals surface area (Å²) in [4.78, 5) is 17.0. The molecule has 0 aliphatic heterocycles. The SMILES string of the molecule is Cn1c(C2CCCC2)nc2ccc(N)cc2c1=O. The molecule has 0 spiro atoms. The van der Waals surface area contributed by atoms with Gasteiger partial charge in [-0.25, -0.2) is 4.98 Å². The molecule has 4 heteroatoms. The highest BCUT2D eigenvalue weighted by Gasteiger charge is 2.22. The van der Waals surface area contributed by atoms with Crippen molar-refractivity contribution >= 4 is 16.6 Å². The molecule has 0 saturated heterocycles. The molecule has 2 aromatic rings. The van der Waals surface area contributed by atoms with Crippen LogP contribution in [-0.2, 0) is 7.05 Å². The number of anilines is 1. The van der Waals surface area contributed by atoms with Crippen LogP contribution < -0.4 is 11.3 Å². The van der Waals surface area contributed by atoms with E-state index in [1.165, 1.54) is 12.8 Å². The highest BCUT2D eigenvalue weighted by atomic mass is 16.1. The van der Waals surface area contributed by atoms with E-state index in [0.717, 1.165) is 24.2 Å². The molecule has 0 bridgehead atoms. The van der Waals surface area contributed by atoms with E-state index < -0.39 is 0 Å². The number of nitrogens with zero attached hydrogens (tertiary/aromatic N) is 2. The molecule has 1 aliphatic carbocycles. The van der Waals surface area contributed by atoms with Gasteiger partial charge in [0.1, 0.15) is 5.82 Å². The van der Waals surface area contributed by atoms with Gasteiger partial charge in [0, 0.05) is 18.7 Å². The third-order valence-corrected chi connectivity index (χ3v) is 3.85. The lowest BCUT2D eigenvalue weighted by atomic mass is 10.1. The Labute approximate surface area is 105 Å². The Hall–Kier alpha value is -1.84. The molecule has 3 rings (SSSR count). The number of hydrogen-bond acceptors (Lipinski definition) is 3. The van der Waals surface area contributed by atoms with Gasteiger partial charge in [0.2, 0.25) is 0 Å². The van der Waals surface area contributed by atoms with Gasteiger partial charge in [0.25, 0.3) is 5.56 Å². The predicted molar refractivity (Wildman–Crippen MR) is 72.6 cm³/mol. The average Bonchev–Trinajstić information content (AvgIpc) is 2.88. The van der Waals surface area contributed by atoms with Gasteiger partial charge in [0.05, 0.1) is 10.9 Å². The smallest absolute Gasteiger partial charge is 0.261 e. The average molecular weight is 243 g/mol. The van der Waals surface area contributed by atoms with E-state index in [-0.39, 0.29) is 5.56 Å². The molecule has 0 radical (unpaired) electrons. The first kappa shape index (κ1) is 11.3. The topological polar surface area (TPSA) is 60.9 Å². The lowest BCUT2D eigenvalue weighted by molar-refractivity contribution is 0.611. The van der Waals surface area contributed by atoms with Crippen molar-refractivity contribution in [1.29, 1.82) is 0 Å². The van der Waals surface area contributed by atoms with Gasteiger partial charge in [0.15, 0.2) is 0 Å². The molecule has 94 valence electrons. The van der Waals surface area contributed by atoms with Gasteiger partial charge < -0.3 is 5.73 Å². The normalized spacial score (nSPS) is 16.5. The van der Waals surface area contributed by atoms with Crippen LogP contribution in [0.2, 0.25) is 0 Å².